The first-order chi connectivity index (χ1) is 5.68. The van der Waals surface area contributed by atoms with E-state index in [1.54, 1.807) is 43.4 Å². The molecule has 0 atom stereocenters. The molecule has 4 heteroatoms. The fourth-order valence-corrected chi connectivity index (χ4v) is 0.696. The summed E-state index contributed by atoms with van der Waals surface area (Å²) in [6, 6.07) is 6.63. The van der Waals surface area contributed by atoms with E-state index in [0.29, 0.717) is 5.69 Å². The summed E-state index contributed by atoms with van der Waals surface area (Å²) >= 11 is 0. The van der Waals surface area contributed by atoms with Crippen molar-refractivity contribution in [3.8, 4) is 5.75 Å². The number of nitrogens with zero attached hydrogens (tertiary/aromatic N) is 3. The second-order valence-corrected chi connectivity index (χ2v) is 2.56. The van der Waals surface area contributed by atoms with Gasteiger partial charge in [-0.1, -0.05) is 11.3 Å². The molecule has 1 rings (SSSR count). The van der Waals surface area contributed by atoms with Gasteiger partial charge in [0, 0.05) is 20.2 Å². The molecule has 0 aromatic heterocycles. The molecule has 0 spiro atoms. The van der Waals surface area contributed by atoms with Crippen LogP contribution in [0.2, 0.25) is 0 Å². The van der Waals surface area contributed by atoms with E-state index in [1.165, 1.54) is 0 Å². The smallest absolute Gasteiger partial charge is 0.117 e. The Morgan fingerprint density at radius 2 is 2.08 bits per heavy atom. The summed E-state index contributed by atoms with van der Waals surface area (Å²) in [6.07, 6.45) is 0. The Balaban J connectivity index is 2.76. The number of phenolic OH excluding ortho intramolecular Hbond substituents is 1. The second-order valence-electron chi connectivity index (χ2n) is 2.56. The number of rotatable bonds is 2. The first-order valence-electron chi connectivity index (χ1n) is 3.56. The van der Waals surface area contributed by atoms with Crippen LogP contribution in [-0.2, 0) is 0 Å². The summed E-state index contributed by atoms with van der Waals surface area (Å²) in [4.78, 5) is 0. The summed E-state index contributed by atoms with van der Waals surface area (Å²) < 4.78 is 0. The lowest BCUT2D eigenvalue weighted by Crippen LogP contribution is -1.98. The maximum absolute atomic E-state index is 9.06. The van der Waals surface area contributed by atoms with E-state index in [9.17, 15) is 0 Å². The Kier molecular flexibility index (Phi) is 2.63. The highest BCUT2D eigenvalue weighted by molar-refractivity contribution is 5.41. The third kappa shape index (κ3) is 2.57. The quantitative estimate of drug-likeness (QED) is 0.537. The van der Waals surface area contributed by atoms with Crippen LogP contribution < -0.4 is 0 Å². The first-order valence-corrected chi connectivity index (χ1v) is 3.56. The highest BCUT2D eigenvalue weighted by atomic mass is 16.3. The number of aromatic hydroxyl groups is 1. The summed E-state index contributed by atoms with van der Waals surface area (Å²) in [6.45, 7) is 0. The van der Waals surface area contributed by atoms with Gasteiger partial charge in [-0.25, -0.2) is 0 Å². The van der Waals surface area contributed by atoms with E-state index in [1.807, 2.05) is 0 Å². The predicted molar refractivity (Wildman–Crippen MR) is 46.3 cm³/mol. The molecule has 0 saturated carbocycles. The summed E-state index contributed by atoms with van der Waals surface area (Å²) in [5.41, 5.74) is 0.642. The van der Waals surface area contributed by atoms with Crippen LogP contribution in [-0.4, -0.2) is 24.2 Å². The van der Waals surface area contributed by atoms with E-state index in [-0.39, 0.29) is 5.75 Å². The third-order valence-electron chi connectivity index (χ3n) is 1.17. The summed E-state index contributed by atoms with van der Waals surface area (Å²) in [7, 11) is 3.57. The van der Waals surface area contributed by atoms with E-state index < -0.39 is 0 Å². The standard InChI is InChI=1S/C8H11N3O/c1-11(2)10-9-7-4-3-5-8(12)6-7/h3-6,12H,1-2H3. The predicted octanol–water partition coefficient (Wildman–Crippen LogP) is 1.95. The molecule has 0 bridgehead atoms. The van der Waals surface area contributed by atoms with Crippen molar-refractivity contribution >= 4 is 5.69 Å². The van der Waals surface area contributed by atoms with Gasteiger partial charge in [-0.15, -0.1) is 5.11 Å². The molecule has 0 aliphatic carbocycles. The maximum Gasteiger partial charge on any atom is 0.117 e. The average Bonchev–Trinajstić information content (AvgIpc) is 2.01. The molecule has 0 fully saturated rings. The van der Waals surface area contributed by atoms with E-state index in [4.69, 9.17) is 5.11 Å². The number of hydrogen-bond donors (Lipinski definition) is 1. The van der Waals surface area contributed by atoms with Gasteiger partial charge in [-0.3, -0.25) is 5.01 Å². The van der Waals surface area contributed by atoms with Gasteiger partial charge >= 0.3 is 0 Å². The lowest BCUT2D eigenvalue weighted by Gasteiger charge is -2.00. The van der Waals surface area contributed by atoms with Crippen molar-refractivity contribution in [3.63, 3.8) is 0 Å². The van der Waals surface area contributed by atoms with Crippen LogP contribution in [0, 0.1) is 0 Å². The van der Waals surface area contributed by atoms with Crippen LogP contribution >= 0.6 is 0 Å². The molecular formula is C8H11N3O. The minimum absolute atomic E-state index is 0.199. The van der Waals surface area contributed by atoms with Gasteiger partial charge < -0.3 is 5.11 Å². The molecular weight excluding hydrogens is 154 g/mol. The monoisotopic (exact) mass is 165 g/mol. The highest BCUT2D eigenvalue weighted by Crippen LogP contribution is 2.18. The summed E-state index contributed by atoms with van der Waals surface area (Å²) in [5, 5.41) is 18.3. The zero-order valence-corrected chi connectivity index (χ0v) is 7.10. The Bertz CT molecular complexity index is 283. The molecule has 0 saturated heterocycles. The van der Waals surface area contributed by atoms with Crippen molar-refractivity contribution in [3.05, 3.63) is 24.3 Å². The molecule has 0 radical (unpaired) electrons. The first kappa shape index (κ1) is 8.52. The molecule has 0 aliphatic heterocycles. The van der Waals surface area contributed by atoms with E-state index in [0.717, 1.165) is 0 Å². The number of benzene rings is 1. The zero-order chi connectivity index (χ0) is 8.97. The van der Waals surface area contributed by atoms with Crippen LogP contribution in [0.4, 0.5) is 5.69 Å². The molecule has 1 N–H and O–H groups in total. The topological polar surface area (TPSA) is 48.2 Å². The van der Waals surface area contributed by atoms with Gasteiger partial charge in [0.25, 0.3) is 0 Å². The van der Waals surface area contributed by atoms with Crippen molar-refractivity contribution in [2.75, 3.05) is 14.1 Å². The fourth-order valence-electron chi connectivity index (χ4n) is 0.696. The largest absolute Gasteiger partial charge is 0.508 e. The molecule has 0 amide bonds. The molecule has 1 aromatic carbocycles. The Hall–Kier alpha value is -1.58. The minimum Gasteiger partial charge on any atom is -0.508 e. The maximum atomic E-state index is 9.06. The molecule has 4 nitrogen and oxygen atoms in total. The minimum atomic E-state index is 0.199. The van der Waals surface area contributed by atoms with Crippen LogP contribution in [0.15, 0.2) is 34.6 Å². The normalized spacial score (nSPS) is 10.5. The van der Waals surface area contributed by atoms with Crippen LogP contribution in [0.25, 0.3) is 0 Å². The van der Waals surface area contributed by atoms with Gasteiger partial charge in [-0.2, -0.15) is 0 Å². The molecule has 0 heterocycles. The van der Waals surface area contributed by atoms with Gasteiger partial charge in [0.1, 0.15) is 5.75 Å². The zero-order valence-electron chi connectivity index (χ0n) is 7.10. The summed E-state index contributed by atoms with van der Waals surface area (Å²) in [5.74, 6) is 0.199. The molecule has 0 aliphatic rings. The van der Waals surface area contributed by atoms with Crippen molar-refractivity contribution in [1.82, 2.24) is 5.01 Å². The Labute approximate surface area is 71.1 Å². The van der Waals surface area contributed by atoms with E-state index >= 15 is 0 Å². The van der Waals surface area contributed by atoms with Gasteiger partial charge in [0.2, 0.25) is 0 Å². The molecule has 1 aromatic rings. The lowest BCUT2D eigenvalue weighted by atomic mass is 10.3. The van der Waals surface area contributed by atoms with Crippen molar-refractivity contribution in [1.29, 1.82) is 0 Å². The van der Waals surface area contributed by atoms with Gasteiger partial charge in [0.15, 0.2) is 0 Å². The Morgan fingerprint density at radius 1 is 1.33 bits per heavy atom. The second kappa shape index (κ2) is 3.71. The average molecular weight is 165 g/mol. The SMILES string of the molecule is CN(C)N=Nc1cccc(O)c1. The van der Waals surface area contributed by atoms with Crippen LogP contribution in [0.5, 0.6) is 5.75 Å². The molecule has 12 heavy (non-hydrogen) atoms. The van der Waals surface area contributed by atoms with Crippen molar-refractivity contribution < 1.29 is 5.11 Å². The van der Waals surface area contributed by atoms with E-state index in [2.05, 4.69) is 10.3 Å². The lowest BCUT2D eigenvalue weighted by molar-refractivity contribution is 0.408. The Morgan fingerprint density at radius 3 is 2.67 bits per heavy atom. The van der Waals surface area contributed by atoms with Crippen molar-refractivity contribution in [2.45, 2.75) is 0 Å². The van der Waals surface area contributed by atoms with Crippen molar-refractivity contribution in [2.24, 2.45) is 10.3 Å². The number of phenols is 1. The molecule has 0 unspecified atom stereocenters. The van der Waals surface area contributed by atoms with Gasteiger partial charge in [-0.05, 0) is 12.1 Å². The van der Waals surface area contributed by atoms with Gasteiger partial charge in [0.05, 0.1) is 5.69 Å². The van der Waals surface area contributed by atoms with Crippen LogP contribution in [0.1, 0.15) is 0 Å². The third-order valence-corrected chi connectivity index (χ3v) is 1.17. The number of hydrogen-bond acceptors (Lipinski definition) is 3. The fraction of sp³-hybridized carbons (Fsp3) is 0.250. The molecule has 64 valence electrons. The van der Waals surface area contributed by atoms with Crippen LogP contribution in [0.3, 0.4) is 0 Å². The highest BCUT2D eigenvalue weighted by Gasteiger charge is 1.90.